The molecule has 0 aromatic carbocycles. The summed E-state index contributed by atoms with van der Waals surface area (Å²) in [5, 5.41) is 9.83. The number of β-amino-alcohol motifs (C(OH)–C–C–N with tert-alkyl or cyclic N) is 1. The van der Waals surface area contributed by atoms with Gasteiger partial charge in [0.25, 0.3) is 0 Å². The van der Waals surface area contributed by atoms with Crippen LogP contribution in [-0.4, -0.2) is 35.2 Å². The molecule has 2 nitrogen and oxygen atoms in total. The molecule has 0 saturated carbocycles. The molecular formula is C11H23NO. The summed E-state index contributed by atoms with van der Waals surface area (Å²) < 4.78 is 0. The van der Waals surface area contributed by atoms with Gasteiger partial charge >= 0.3 is 0 Å². The van der Waals surface area contributed by atoms with Gasteiger partial charge in [0.15, 0.2) is 0 Å². The number of aliphatic hydroxyl groups is 1. The Labute approximate surface area is 81.9 Å². The molecule has 0 radical (unpaired) electrons. The summed E-state index contributed by atoms with van der Waals surface area (Å²) in [5.41, 5.74) is -0.475. The first-order chi connectivity index (χ1) is 6.07. The van der Waals surface area contributed by atoms with E-state index in [2.05, 4.69) is 11.8 Å². The second-order valence-electron chi connectivity index (χ2n) is 4.70. The fraction of sp³-hybridized carbons (Fsp3) is 1.00. The molecule has 1 aliphatic heterocycles. The van der Waals surface area contributed by atoms with Crippen LogP contribution in [-0.2, 0) is 0 Å². The molecule has 1 rings (SSSR count). The van der Waals surface area contributed by atoms with Crippen LogP contribution >= 0.6 is 0 Å². The number of likely N-dealkylation sites (tertiary alicyclic amines) is 1. The first kappa shape index (κ1) is 11.0. The topological polar surface area (TPSA) is 23.5 Å². The highest BCUT2D eigenvalue weighted by Gasteiger charge is 2.30. The molecule has 1 fully saturated rings. The first-order valence-electron chi connectivity index (χ1n) is 5.52. The van der Waals surface area contributed by atoms with Crippen LogP contribution in [0.1, 0.15) is 40.0 Å². The Hall–Kier alpha value is -0.0800. The molecular weight excluding hydrogens is 162 g/mol. The smallest absolute Gasteiger partial charge is 0.0743 e. The lowest BCUT2D eigenvalue weighted by molar-refractivity contribution is -0.0230. The molecule has 0 aromatic heterocycles. The molecule has 0 amide bonds. The van der Waals surface area contributed by atoms with Crippen molar-refractivity contribution < 1.29 is 5.11 Å². The van der Waals surface area contributed by atoms with Gasteiger partial charge in [0.05, 0.1) is 5.60 Å². The van der Waals surface area contributed by atoms with Crippen LogP contribution in [0.5, 0.6) is 0 Å². The Bertz CT molecular complexity index is 150. The van der Waals surface area contributed by atoms with Crippen molar-refractivity contribution in [3.63, 3.8) is 0 Å². The van der Waals surface area contributed by atoms with E-state index in [1.54, 1.807) is 0 Å². The van der Waals surface area contributed by atoms with Crippen LogP contribution < -0.4 is 0 Å². The van der Waals surface area contributed by atoms with Crippen LogP contribution in [0, 0.1) is 5.92 Å². The lowest BCUT2D eigenvalue weighted by Crippen LogP contribution is -2.52. The van der Waals surface area contributed by atoms with Gasteiger partial charge in [-0.25, -0.2) is 0 Å². The quantitative estimate of drug-likeness (QED) is 0.707. The van der Waals surface area contributed by atoms with E-state index >= 15 is 0 Å². The predicted octanol–water partition coefficient (Wildman–Crippen LogP) is 1.88. The van der Waals surface area contributed by atoms with Crippen molar-refractivity contribution in [2.75, 3.05) is 19.6 Å². The van der Waals surface area contributed by atoms with Gasteiger partial charge in [-0.3, -0.25) is 4.90 Å². The number of hydrogen-bond acceptors (Lipinski definition) is 2. The van der Waals surface area contributed by atoms with Crippen molar-refractivity contribution in [2.24, 2.45) is 5.92 Å². The summed E-state index contributed by atoms with van der Waals surface area (Å²) in [6, 6.07) is 0. The van der Waals surface area contributed by atoms with Crippen molar-refractivity contribution in [2.45, 2.75) is 45.6 Å². The third kappa shape index (κ3) is 3.28. The summed E-state index contributed by atoms with van der Waals surface area (Å²) in [5.74, 6) is 0.901. The van der Waals surface area contributed by atoms with Gasteiger partial charge in [-0.05, 0) is 25.7 Å². The molecule has 0 bridgehead atoms. The van der Waals surface area contributed by atoms with Crippen molar-refractivity contribution >= 4 is 0 Å². The highest BCUT2D eigenvalue weighted by Crippen LogP contribution is 2.23. The van der Waals surface area contributed by atoms with Crippen molar-refractivity contribution in [1.29, 1.82) is 0 Å². The third-order valence-corrected chi connectivity index (χ3v) is 3.06. The second-order valence-corrected chi connectivity index (χ2v) is 4.70. The van der Waals surface area contributed by atoms with Gasteiger partial charge in [0, 0.05) is 19.6 Å². The summed E-state index contributed by atoms with van der Waals surface area (Å²) >= 11 is 0. The maximum atomic E-state index is 9.83. The molecule has 1 atom stereocenters. The van der Waals surface area contributed by atoms with E-state index in [0.717, 1.165) is 18.9 Å². The highest BCUT2D eigenvalue weighted by atomic mass is 16.3. The summed E-state index contributed by atoms with van der Waals surface area (Å²) in [7, 11) is 0. The van der Waals surface area contributed by atoms with Crippen LogP contribution in [0.15, 0.2) is 0 Å². The summed E-state index contributed by atoms with van der Waals surface area (Å²) in [4.78, 5) is 2.36. The fourth-order valence-electron chi connectivity index (χ4n) is 1.99. The van der Waals surface area contributed by atoms with E-state index < -0.39 is 5.60 Å². The van der Waals surface area contributed by atoms with Gasteiger partial charge in [-0.15, -0.1) is 0 Å². The third-order valence-electron chi connectivity index (χ3n) is 3.06. The van der Waals surface area contributed by atoms with E-state index in [1.807, 2.05) is 13.8 Å². The van der Waals surface area contributed by atoms with Gasteiger partial charge in [0.1, 0.15) is 0 Å². The zero-order valence-electron chi connectivity index (χ0n) is 9.21. The Morgan fingerprint density at radius 3 is 2.46 bits per heavy atom. The van der Waals surface area contributed by atoms with Gasteiger partial charge in [0.2, 0.25) is 0 Å². The number of hydrogen-bond donors (Lipinski definition) is 1. The molecule has 0 aliphatic carbocycles. The maximum absolute atomic E-state index is 9.83. The summed E-state index contributed by atoms with van der Waals surface area (Å²) in [6.45, 7) is 9.46. The van der Waals surface area contributed by atoms with Crippen molar-refractivity contribution in [3.05, 3.63) is 0 Å². The van der Waals surface area contributed by atoms with Crippen LogP contribution in [0.3, 0.4) is 0 Å². The largest absolute Gasteiger partial charge is 0.389 e. The Balaban J connectivity index is 2.14. The molecule has 0 aromatic rings. The zero-order chi connectivity index (χ0) is 9.90. The fourth-order valence-corrected chi connectivity index (χ4v) is 1.99. The molecule has 0 spiro atoms. The van der Waals surface area contributed by atoms with Crippen molar-refractivity contribution in [3.8, 4) is 0 Å². The Morgan fingerprint density at radius 2 is 2.00 bits per heavy atom. The number of nitrogens with zero attached hydrogens (tertiary/aromatic N) is 1. The molecule has 1 N–H and O–H groups in total. The molecule has 1 saturated heterocycles. The normalized spacial score (nSPS) is 24.0. The zero-order valence-corrected chi connectivity index (χ0v) is 9.21. The van der Waals surface area contributed by atoms with E-state index in [4.69, 9.17) is 0 Å². The standard InChI is InChI=1S/C11H23NO/c1-4-6-10-7-12(8-10)9-11(3,13)5-2/h10,13H,4-9H2,1-3H3. The van der Waals surface area contributed by atoms with E-state index in [-0.39, 0.29) is 0 Å². The molecule has 1 unspecified atom stereocenters. The molecule has 13 heavy (non-hydrogen) atoms. The molecule has 1 aliphatic rings. The number of rotatable bonds is 5. The van der Waals surface area contributed by atoms with Gasteiger partial charge < -0.3 is 5.11 Å². The predicted molar refractivity (Wildman–Crippen MR) is 55.8 cm³/mol. The second kappa shape index (κ2) is 4.43. The minimum Gasteiger partial charge on any atom is -0.389 e. The summed E-state index contributed by atoms with van der Waals surface area (Å²) in [6.07, 6.45) is 3.50. The average molecular weight is 185 g/mol. The minimum absolute atomic E-state index is 0.475. The van der Waals surface area contributed by atoms with E-state index in [0.29, 0.717) is 0 Å². The van der Waals surface area contributed by atoms with Crippen LogP contribution in [0.4, 0.5) is 0 Å². The highest BCUT2D eigenvalue weighted by molar-refractivity contribution is 4.85. The van der Waals surface area contributed by atoms with Crippen molar-refractivity contribution in [1.82, 2.24) is 4.90 Å². The Morgan fingerprint density at radius 1 is 1.38 bits per heavy atom. The van der Waals surface area contributed by atoms with Gasteiger partial charge in [-0.2, -0.15) is 0 Å². The lowest BCUT2D eigenvalue weighted by Gasteiger charge is -2.42. The lowest BCUT2D eigenvalue weighted by atomic mass is 9.92. The van der Waals surface area contributed by atoms with E-state index in [1.165, 1.54) is 25.9 Å². The molecule has 1 heterocycles. The Kier molecular flexibility index (Phi) is 3.74. The first-order valence-corrected chi connectivity index (χ1v) is 5.52. The van der Waals surface area contributed by atoms with Gasteiger partial charge in [-0.1, -0.05) is 20.3 Å². The molecule has 2 heteroatoms. The SMILES string of the molecule is CCCC1CN(CC(C)(O)CC)C1. The monoisotopic (exact) mass is 185 g/mol. The van der Waals surface area contributed by atoms with Crippen LogP contribution in [0.2, 0.25) is 0 Å². The minimum atomic E-state index is -0.475. The average Bonchev–Trinajstić information content (AvgIpc) is 2.01. The van der Waals surface area contributed by atoms with E-state index in [9.17, 15) is 5.11 Å². The molecule has 78 valence electrons. The maximum Gasteiger partial charge on any atom is 0.0743 e. The van der Waals surface area contributed by atoms with Crippen LogP contribution in [0.25, 0.3) is 0 Å².